The molecule has 0 aromatic carbocycles. The monoisotopic (exact) mass is 290 g/mol. The Labute approximate surface area is 126 Å². The van der Waals surface area contributed by atoms with Gasteiger partial charge in [-0.3, -0.25) is 0 Å². The highest BCUT2D eigenvalue weighted by atomic mass is 16.2. The first-order chi connectivity index (χ1) is 10.2. The fourth-order valence-electron chi connectivity index (χ4n) is 3.75. The summed E-state index contributed by atoms with van der Waals surface area (Å²) in [6.45, 7) is 3.79. The van der Waals surface area contributed by atoms with Crippen LogP contribution >= 0.6 is 0 Å². The summed E-state index contributed by atoms with van der Waals surface area (Å²) in [6, 6.07) is 0.991. The van der Waals surface area contributed by atoms with Crippen molar-refractivity contribution < 1.29 is 4.79 Å². The standard InChI is InChI=1S/C16H26N4O/c1-13-17-9-11-19(13)12-15-8-5-10-20(15)16(21)18(2)14-6-3-4-7-14/h9,11,14-15H,3-8,10,12H2,1-2H3/t15-/m0/s1. The molecule has 1 saturated heterocycles. The van der Waals surface area contributed by atoms with Gasteiger partial charge in [0, 0.05) is 38.6 Å². The van der Waals surface area contributed by atoms with Crippen LogP contribution in [0.4, 0.5) is 4.79 Å². The maximum atomic E-state index is 12.8. The Morgan fingerprint density at radius 1 is 1.33 bits per heavy atom. The molecule has 5 nitrogen and oxygen atoms in total. The van der Waals surface area contributed by atoms with Crippen LogP contribution in [-0.4, -0.2) is 51.1 Å². The van der Waals surface area contributed by atoms with Crippen LogP contribution < -0.4 is 0 Å². The molecule has 1 aromatic rings. The van der Waals surface area contributed by atoms with Crippen LogP contribution in [0.15, 0.2) is 12.4 Å². The molecular weight excluding hydrogens is 264 g/mol. The van der Waals surface area contributed by atoms with Gasteiger partial charge in [-0.15, -0.1) is 0 Å². The van der Waals surface area contributed by atoms with Gasteiger partial charge in [0.15, 0.2) is 0 Å². The molecule has 21 heavy (non-hydrogen) atoms. The molecule has 1 atom stereocenters. The summed E-state index contributed by atoms with van der Waals surface area (Å²) in [5.41, 5.74) is 0. The molecule has 2 fully saturated rings. The molecule has 2 amide bonds. The van der Waals surface area contributed by atoms with Gasteiger partial charge in [-0.25, -0.2) is 9.78 Å². The van der Waals surface area contributed by atoms with E-state index in [1.54, 1.807) is 0 Å². The Balaban J connectivity index is 1.65. The van der Waals surface area contributed by atoms with E-state index >= 15 is 0 Å². The minimum absolute atomic E-state index is 0.224. The minimum atomic E-state index is 0.224. The Hall–Kier alpha value is -1.52. The predicted molar refractivity (Wildman–Crippen MR) is 82.1 cm³/mol. The fourth-order valence-corrected chi connectivity index (χ4v) is 3.75. The van der Waals surface area contributed by atoms with Crippen molar-refractivity contribution in [1.29, 1.82) is 0 Å². The van der Waals surface area contributed by atoms with E-state index in [9.17, 15) is 4.79 Å². The van der Waals surface area contributed by atoms with Crippen molar-refractivity contribution in [3.63, 3.8) is 0 Å². The van der Waals surface area contributed by atoms with E-state index < -0.39 is 0 Å². The van der Waals surface area contributed by atoms with Gasteiger partial charge >= 0.3 is 6.03 Å². The molecule has 2 aliphatic rings. The van der Waals surface area contributed by atoms with Crippen molar-refractivity contribution in [3.8, 4) is 0 Å². The molecule has 1 saturated carbocycles. The van der Waals surface area contributed by atoms with Crippen molar-refractivity contribution in [3.05, 3.63) is 18.2 Å². The molecule has 1 aromatic heterocycles. The topological polar surface area (TPSA) is 41.4 Å². The van der Waals surface area contributed by atoms with Gasteiger partial charge in [-0.05, 0) is 32.6 Å². The van der Waals surface area contributed by atoms with Gasteiger partial charge < -0.3 is 14.4 Å². The lowest BCUT2D eigenvalue weighted by atomic mass is 10.2. The van der Waals surface area contributed by atoms with Gasteiger partial charge in [0.1, 0.15) is 5.82 Å². The SMILES string of the molecule is Cc1nccn1C[C@@H]1CCCN1C(=O)N(C)C1CCCC1. The number of carbonyl (C=O) groups is 1. The van der Waals surface area contributed by atoms with Gasteiger partial charge in [0.05, 0.1) is 6.04 Å². The first kappa shape index (κ1) is 14.4. The van der Waals surface area contributed by atoms with Gasteiger partial charge in [0.2, 0.25) is 0 Å². The van der Waals surface area contributed by atoms with Gasteiger partial charge in [-0.2, -0.15) is 0 Å². The zero-order valence-corrected chi connectivity index (χ0v) is 13.2. The van der Waals surface area contributed by atoms with Crippen molar-refractivity contribution in [2.24, 2.45) is 0 Å². The van der Waals surface area contributed by atoms with Crippen LogP contribution in [0.2, 0.25) is 0 Å². The van der Waals surface area contributed by atoms with Crippen LogP contribution in [0, 0.1) is 6.92 Å². The summed E-state index contributed by atoms with van der Waals surface area (Å²) in [5.74, 6) is 1.03. The van der Waals surface area contributed by atoms with Gasteiger partial charge in [-0.1, -0.05) is 12.8 Å². The normalized spacial score (nSPS) is 23.0. The Morgan fingerprint density at radius 3 is 2.76 bits per heavy atom. The Morgan fingerprint density at radius 2 is 2.10 bits per heavy atom. The molecule has 0 unspecified atom stereocenters. The lowest BCUT2D eigenvalue weighted by Gasteiger charge is -2.33. The van der Waals surface area contributed by atoms with Crippen molar-refractivity contribution >= 4 is 6.03 Å². The summed E-state index contributed by atoms with van der Waals surface area (Å²) in [7, 11) is 1.98. The smallest absolute Gasteiger partial charge is 0.320 e. The van der Waals surface area contributed by atoms with E-state index in [1.807, 2.05) is 31.3 Å². The number of aromatic nitrogens is 2. The summed E-state index contributed by atoms with van der Waals surface area (Å²) in [4.78, 5) is 21.1. The quantitative estimate of drug-likeness (QED) is 0.858. The largest absolute Gasteiger partial charge is 0.333 e. The first-order valence-electron chi connectivity index (χ1n) is 8.18. The zero-order chi connectivity index (χ0) is 14.8. The molecule has 0 bridgehead atoms. The molecule has 0 N–H and O–H groups in total. The second kappa shape index (κ2) is 6.08. The molecule has 2 heterocycles. The number of hydrogen-bond donors (Lipinski definition) is 0. The van der Waals surface area contributed by atoms with Crippen molar-refractivity contribution in [1.82, 2.24) is 19.4 Å². The number of amides is 2. The zero-order valence-electron chi connectivity index (χ0n) is 13.2. The molecule has 0 radical (unpaired) electrons. The summed E-state index contributed by atoms with van der Waals surface area (Å²) >= 11 is 0. The maximum absolute atomic E-state index is 12.8. The molecule has 0 spiro atoms. The first-order valence-corrected chi connectivity index (χ1v) is 8.18. The number of aryl methyl sites for hydroxylation is 1. The molecule has 1 aliphatic carbocycles. The maximum Gasteiger partial charge on any atom is 0.320 e. The Bertz CT molecular complexity index is 492. The molecule has 1 aliphatic heterocycles. The van der Waals surface area contributed by atoms with Crippen LogP contribution in [-0.2, 0) is 6.54 Å². The van der Waals surface area contributed by atoms with Crippen molar-refractivity contribution in [2.75, 3.05) is 13.6 Å². The molecule has 3 rings (SSSR count). The fraction of sp³-hybridized carbons (Fsp3) is 0.750. The lowest BCUT2D eigenvalue weighted by molar-refractivity contribution is 0.138. The summed E-state index contributed by atoms with van der Waals surface area (Å²) in [6.07, 6.45) is 10.9. The molecule has 5 heteroatoms. The minimum Gasteiger partial charge on any atom is -0.333 e. The van der Waals surface area contributed by atoms with E-state index in [0.29, 0.717) is 12.1 Å². The number of rotatable bonds is 3. The lowest BCUT2D eigenvalue weighted by Crippen LogP contribution is -2.48. The number of likely N-dealkylation sites (tertiary alicyclic amines) is 1. The van der Waals surface area contributed by atoms with E-state index in [-0.39, 0.29) is 6.03 Å². The number of nitrogens with zero attached hydrogens (tertiary/aromatic N) is 4. The average Bonchev–Trinajstić information content (AvgIpc) is 3.20. The average molecular weight is 290 g/mol. The molecular formula is C16H26N4O. The highest BCUT2D eigenvalue weighted by Crippen LogP contribution is 2.26. The second-order valence-electron chi connectivity index (χ2n) is 6.45. The summed E-state index contributed by atoms with van der Waals surface area (Å²) in [5, 5.41) is 0. The summed E-state index contributed by atoms with van der Waals surface area (Å²) < 4.78 is 2.16. The highest BCUT2D eigenvalue weighted by molar-refractivity contribution is 5.75. The van der Waals surface area contributed by atoms with Crippen molar-refractivity contribution in [2.45, 2.75) is 64.1 Å². The van der Waals surface area contributed by atoms with Gasteiger partial charge in [0.25, 0.3) is 0 Å². The van der Waals surface area contributed by atoms with E-state index in [0.717, 1.165) is 31.8 Å². The van der Waals surface area contributed by atoms with Crippen LogP contribution in [0.1, 0.15) is 44.3 Å². The number of urea groups is 1. The third kappa shape index (κ3) is 2.92. The predicted octanol–water partition coefficient (Wildman–Crippen LogP) is 2.65. The van der Waals surface area contributed by atoms with Crippen LogP contribution in [0.3, 0.4) is 0 Å². The van der Waals surface area contributed by atoms with Crippen LogP contribution in [0.5, 0.6) is 0 Å². The third-order valence-corrected chi connectivity index (χ3v) is 5.13. The molecule has 116 valence electrons. The Kier molecular flexibility index (Phi) is 4.17. The highest BCUT2D eigenvalue weighted by Gasteiger charge is 2.33. The third-order valence-electron chi connectivity index (χ3n) is 5.13. The second-order valence-corrected chi connectivity index (χ2v) is 6.45. The number of hydrogen-bond acceptors (Lipinski definition) is 2. The van der Waals surface area contributed by atoms with E-state index in [4.69, 9.17) is 0 Å². The number of carbonyl (C=O) groups excluding carboxylic acids is 1. The van der Waals surface area contributed by atoms with Crippen LogP contribution in [0.25, 0.3) is 0 Å². The number of imidazole rings is 1. The van der Waals surface area contributed by atoms with E-state index in [1.165, 1.54) is 25.7 Å². The van der Waals surface area contributed by atoms with E-state index in [2.05, 4.69) is 14.5 Å².